The van der Waals surface area contributed by atoms with Crippen LogP contribution in [0.3, 0.4) is 0 Å². The van der Waals surface area contributed by atoms with Gasteiger partial charge in [-0.15, -0.1) is 0 Å². The van der Waals surface area contributed by atoms with Gasteiger partial charge in [-0.05, 0) is 57.4 Å². The average molecular weight is 439 g/mol. The Morgan fingerprint density at radius 2 is 1.42 bits per heavy atom. The summed E-state index contributed by atoms with van der Waals surface area (Å²) < 4.78 is 10.7. The van der Waals surface area contributed by atoms with E-state index < -0.39 is 0 Å². The zero-order valence-corrected chi connectivity index (χ0v) is 19.2. The number of hydrogen-bond acceptors (Lipinski definition) is 4. The third-order valence-corrected chi connectivity index (χ3v) is 7.10. The number of carbonyl (C=O) groups excluding carboxylic acids is 2. The molecule has 5 rings (SSSR count). The number of ketones is 2. The average Bonchev–Trinajstić information content (AvgIpc) is 3.12. The number of methoxy groups -OCH3 is 2. The Bertz CT molecular complexity index is 1420. The Morgan fingerprint density at radius 3 is 2.15 bits per heavy atom. The van der Waals surface area contributed by atoms with Crippen LogP contribution in [0.25, 0.3) is 21.5 Å². The molecule has 0 bridgehead atoms. The van der Waals surface area contributed by atoms with Gasteiger partial charge in [0.1, 0.15) is 11.5 Å². The molecule has 4 aromatic rings. The van der Waals surface area contributed by atoms with Gasteiger partial charge in [0, 0.05) is 28.9 Å². The molecule has 33 heavy (non-hydrogen) atoms. The van der Waals surface area contributed by atoms with E-state index in [4.69, 9.17) is 9.47 Å². The highest BCUT2D eigenvalue weighted by molar-refractivity contribution is 6.10. The molecule has 0 amide bonds. The third kappa shape index (κ3) is 3.37. The highest BCUT2D eigenvalue weighted by atomic mass is 16.5. The molecule has 166 valence electrons. The first-order valence-electron chi connectivity index (χ1n) is 11.2. The second-order valence-corrected chi connectivity index (χ2v) is 8.87. The molecule has 0 aliphatic heterocycles. The molecule has 0 N–H and O–H groups in total. The lowest BCUT2D eigenvalue weighted by Crippen LogP contribution is -2.23. The molecule has 1 aliphatic rings. The van der Waals surface area contributed by atoms with Crippen LogP contribution in [0.1, 0.15) is 46.0 Å². The minimum Gasteiger partial charge on any atom is -0.497 e. The largest absolute Gasteiger partial charge is 0.497 e. The molecule has 0 fully saturated rings. The van der Waals surface area contributed by atoms with Crippen LogP contribution in [0.4, 0.5) is 0 Å². The number of hydrogen-bond donors (Lipinski definition) is 0. The van der Waals surface area contributed by atoms with Crippen LogP contribution in [0.5, 0.6) is 11.5 Å². The van der Waals surface area contributed by atoms with Crippen molar-refractivity contribution in [3.8, 4) is 11.5 Å². The van der Waals surface area contributed by atoms with Crippen molar-refractivity contribution in [3.63, 3.8) is 0 Å². The van der Waals surface area contributed by atoms with E-state index in [-0.39, 0.29) is 29.3 Å². The van der Waals surface area contributed by atoms with E-state index in [0.717, 1.165) is 44.2 Å². The highest BCUT2D eigenvalue weighted by Gasteiger charge is 2.43. The van der Waals surface area contributed by atoms with Crippen molar-refractivity contribution >= 4 is 33.1 Å². The third-order valence-electron chi connectivity index (χ3n) is 7.10. The van der Waals surface area contributed by atoms with Gasteiger partial charge in [-0.25, -0.2) is 0 Å². The monoisotopic (exact) mass is 438 g/mol. The fourth-order valence-electron chi connectivity index (χ4n) is 5.30. The number of ether oxygens (including phenoxy) is 2. The zero-order valence-electron chi connectivity index (χ0n) is 19.2. The lowest BCUT2D eigenvalue weighted by atomic mass is 9.77. The Labute approximate surface area is 193 Å². The molecular weight excluding hydrogens is 412 g/mol. The van der Waals surface area contributed by atoms with Crippen molar-refractivity contribution in [1.29, 1.82) is 0 Å². The van der Waals surface area contributed by atoms with Crippen LogP contribution in [0.2, 0.25) is 0 Å². The fraction of sp³-hybridized carbons (Fsp3) is 0.241. The van der Waals surface area contributed by atoms with Crippen LogP contribution < -0.4 is 9.47 Å². The summed E-state index contributed by atoms with van der Waals surface area (Å²) in [6.45, 7) is 3.89. The second-order valence-electron chi connectivity index (χ2n) is 8.87. The van der Waals surface area contributed by atoms with Gasteiger partial charge < -0.3 is 9.47 Å². The topological polar surface area (TPSA) is 52.6 Å². The minimum absolute atomic E-state index is 0.0516. The summed E-state index contributed by atoms with van der Waals surface area (Å²) >= 11 is 0. The number of Topliss-reactive ketones (excluding diaryl/α,β-unsaturated/α-hetero) is 2. The first kappa shape index (κ1) is 21.2. The molecule has 0 radical (unpaired) electrons. The molecule has 0 saturated carbocycles. The number of carbonyl (C=O) groups is 2. The molecule has 4 heteroatoms. The van der Waals surface area contributed by atoms with Gasteiger partial charge in [0.2, 0.25) is 0 Å². The van der Waals surface area contributed by atoms with E-state index in [0.29, 0.717) is 5.56 Å². The molecule has 0 heterocycles. The van der Waals surface area contributed by atoms with E-state index in [1.807, 2.05) is 80.6 Å². The zero-order chi connectivity index (χ0) is 23.3. The first-order valence-corrected chi connectivity index (χ1v) is 11.2. The Hall–Kier alpha value is -3.66. The van der Waals surface area contributed by atoms with Crippen molar-refractivity contribution in [3.05, 3.63) is 83.4 Å². The van der Waals surface area contributed by atoms with E-state index in [1.54, 1.807) is 14.2 Å². The normalized spacial score (nSPS) is 18.4. The Kier molecular flexibility index (Phi) is 5.16. The molecule has 4 nitrogen and oxygen atoms in total. The second kappa shape index (κ2) is 8.04. The van der Waals surface area contributed by atoms with Gasteiger partial charge in [-0.1, -0.05) is 50.2 Å². The maximum absolute atomic E-state index is 13.6. The molecule has 0 saturated heterocycles. The first-order chi connectivity index (χ1) is 15.9. The molecule has 0 aromatic heterocycles. The van der Waals surface area contributed by atoms with Crippen LogP contribution in [0.15, 0.2) is 66.7 Å². The van der Waals surface area contributed by atoms with Crippen LogP contribution in [-0.2, 0) is 0 Å². The van der Waals surface area contributed by atoms with E-state index in [2.05, 4.69) is 0 Å². The summed E-state index contributed by atoms with van der Waals surface area (Å²) in [5.41, 5.74) is 2.38. The highest BCUT2D eigenvalue weighted by Crippen LogP contribution is 2.47. The van der Waals surface area contributed by atoms with Gasteiger partial charge >= 0.3 is 0 Å². The van der Waals surface area contributed by atoms with Crippen molar-refractivity contribution in [2.45, 2.75) is 19.8 Å². The van der Waals surface area contributed by atoms with Crippen molar-refractivity contribution < 1.29 is 19.1 Å². The lowest BCUT2D eigenvalue weighted by Gasteiger charge is -2.24. The molecule has 4 aromatic carbocycles. The Morgan fingerprint density at radius 1 is 0.818 bits per heavy atom. The number of rotatable bonds is 5. The minimum atomic E-state index is -0.339. The maximum Gasteiger partial charge on any atom is 0.166 e. The summed E-state index contributed by atoms with van der Waals surface area (Å²) in [6.07, 6.45) is 0. The molecule has 0 spiro atoms. The summed E-state index contributed by atoms with van der Waals surface area (Å²) in [5, 5.41) is 4.04. The lowest BCUT2D eigenvalue weighted by molar-refractivity contribution is 0.0862. The molecule has 3 atom stereocenters. The van der Waals surface area contributed by atoms with E-state index >= 15 is 0 Å². The summed E-state index contributed by atoms with van der Waals surface area (Å²) in [5.74, 6) is 0.948. The van der Waals surface area contributed by atoms with Crippen LogP contribution in [-0.4, -0.2) is 25.8 Å². The van der Waals surface area contributed by atoms with Crippen molar-refractivity contribution in [1.82, 2.24) is 0 Å². The van der Waals surface area contributed by atoms with E-state index in [9.17, 15) is 9.59 Å². The quantitative estimate of drug-likeness (QED) is 0.336. The molecular formula is C29H26O4. The van der Waals surface area contributed by atoms with Gasteiger partial charge in [0.15, 0.2) is 11.6 Å². The number of benzene rings is 4. The predicted octanol–water partition coefficient (Wildman–Crippen LogP) is 6.45. The van der Waals surface area contributed by atoms with Gasteiger partial charge in [0.05, 0.1) is 14.2 Å². The van der Waals surface area contributed by atoms with E-state index in [1.165, 1.54) is 0 Å². The maximum atomic E-state index is 13.6. The summed E-state index contributed by atoms with van der Waals surface area (Å²) in [6, 6.07) is 21.3. The van der Waals surface area contributed by atoms with Gasteiger partial charge in [0.25, 0.3) is 0 Å². The standard InChI is InChI=1S/C29H26O4/c1-16(28(30)21-6-5-19-14-22(32-3)9-7-18(19)13-21)26-17(2)29(31)25-11-8-20-15-23(33-4)10-12-24(20)27(25)26/h5-17,26H,1-4H3. The number of fused-ring (bicyclic) bond motifs is 4. The SMILES string of the molecule is COc1ccc2cc(C(=O)C(C)C3c4c(ccc5cc(OC)ccc45)C(=O)C3C)ccc2c1. The summed E-state index contributed by atoms with van der Waals surface area (Å²) in [7, 11) is 3.28. The van der Waals surface area contributed by atoms with Crippen molar-refractivity contribution in [2.75, 3.05) is 14.2 Å². The van der Waals surface area contributed by atoms with Crippen molar-refractivity contribution in [2.24, 2.45) is 11.8 Å². The molecule has 1 aliphatic carbocycles. The van der Waals surface area contributed by atoms with Gasteiger partial charge in [-0.2, -0.15) is 0 Å². The Balaban J connectivity index is 1.57. The van der Waals surface area contributed by atoms with Crippen LogP contribution >= 0.6 is 0 Å². The predicted molar refractivity (Wildman–Crippen MR) is 131 cm³/mol. The fourth-order valence-corrected chi connectivity index (χ4v) is 5.30. The molecule has 3 unspecified atom stereocenters. The van der Waals surface area contributed by atoms with Crippen LogP contribution in [0, 0.1) is 11.8 Å². The summed E-state index contributed by atoms with van der Waals surface area (Å²) in [4.78, 5) is 26.8. The smallest absolute Gasteiger partial charge is 0.166 e. The van der Waals surface area contributed by atoms with Gasteiger partial charge in [-0.3, -0.25) is 9.59 Å².